The fraction of sp³-hybridized carbons (Fsp3) is 0.909. The fourth-order valence-corrected chi connectivity index (χ4v) is 1.93. The highest BCUT2D eigenvalue weighted by Gasteiger charge is 2.15. The second-order valence-electron chi connectivity index (χ2n) is 3.65. The standard InChI is InChI=1S/C11H22ClNO/c1-4-7-11(14)13-8-10(12)9(5-2)6-3/h9-10H,4-8H2,1-3H3,(H,13,14). The molecule has 0 fully saturated rings. The number of hydrogen-bond donors (Lipinski definition) is 1. The molecule has 0 saturated carbocycles. The summed E-state index contributed by atoms with van der Waals surface area (Å²) in [4.78, 5) is 11.2. The largest absolute Gasteiger partial charge is 0.355 e. The van der Waals surface area contributed by atoms with Gasteiger partial charge in [-0.2, -0.15) is 0 Å². The lowest BCUT2D eigenvalue weighted by atomic mass is 9.99. The Hall–Kier alpha value is -0.240. The molecule has 0 bridgehead atoms. The molecule has 0 radical (unpaired) electrons. The molecular weight excluding hydrogens is 198 g/mol. The number of rotatable bonds is 7. The summed E-state index contributed by atoms with van der Waals surface area (Å²) in [5.41, 5.74) is 0. The number of nitrogens with one attached hydrogen (secondary N) is 1. The molecule has 0 rings (SSSR count). The van der Waals surface area contributed by atoms with Crippen LogP contribution in [0.5, 0.6) is 0 Å². The van der Waals surface area contributed by atoms with E-state index in [0.29, 0.717) is 18.9 Å². The summed E-state index contributed by atoms with van der Waals surface area (Å²) in [5.74, 6) is 0.627. The van der Waals surface area contributed by atoms with Gasteiger partial charge in [0.15, 0.2) is 0 Å². The van der Waals surface area contributed by atoms with Crippen LogP contribution in [0.25, 0.3) is 0 Å². The monoisotopic (exact) mass is 219 g/mol. The Kier molecular flexibility index (Phi) is 7.96. The number of carbonyl (C=O) groups is 1. The molecule has 0 spiro atoms. The molecule has 0 aromatic carbocycles. The number of carbonyl (C=O) groups excluding carboxylic acids is 1. The number of halogens is 1. The van der Waals surface area contributed by atoms with Gasteiger partial charge in [0.05, 0.1) is 5.38 Å². The molecule has 1 amide bonds. The molecule has 0 aliphatic carbocycles. The van der Waals surface area contributed by atoms with Gasteiger partial charge in [-0.15, -0.1) is 11.6 Å². The third-order valence-electron chi connectivity index (χ3n) is 2.53. The Morgan fingerprint density at radius 2 is 1.86 bits per heavy atom. The SMILES string of the molecule is CCCC(=O)NCC(Cl)C(CC)CC. The smallest absolute Gasteiger partial charge is 0.220 e. The van der Waals surface area contributed by atoms with Gasteiger partial charge in [-0.3, -0.25) is 4.79 Å². The van der Waals surface area contributed by atoms with Gasteiger partial charge >= 0.3 is 0 Å². The van der Waals surface area contributed by atoms with Crippen LogP contribution in [0.4, 0.5) is 0 Å². The van der Waals surface area contributed by atoms with Crippen LogP contribution in [0.2, 0.25) is 0 Å². The second-order valence-corrected chi connectivity index (χ2v) is 4.21. The molecule has 1 N–H and O–H groups in total. The van der Waals surface area contributed by atoms with Gasteiger partial charge in [-0.1, -0.05) is 33.6 Å². The van der Waals surface area contributed by atoms with E-state index in [2.05, 4.69) is 19.2 Å². The summed E-state index contributed by atoms with van der Waals surface area (Å²) in [7, 11) is 0. The zero-order valence-corrected chi connectivity index (χ0v) is 10.2. The summed E-state index contributed by atoms with van der Waals surface area (Å²) in [5, 5.41) is 2.94. The fourth-order valence-electron chi connectivity index (χ4n) is 1.49. The topological polar surface area (TPSA) is 29.1 Å². The summed E-state index contributed by atoms with van der Waals surface area (Å²) in [6.45, 7) is 6.88. The lowest BCUT2D eigenvalue weighted by molar-refractivity contribution is -0.121. The van der Waals surface area contributed by atoms with Gasteiger partial charge in [-0.05, 0) is 12.3 Å². The van der Waals surface area contributed by atoms with E-state index in [1.54, 1.807) is 0 Å². The van der Waals surface area contributed by atoms with Crippen LogP contribution in [0.15, 0.2) is 0 Å². The Morgan fingerprint density at radius 3 is 2.29 bits per heavy atom. The van der Waals surface area contributed by atoms with E-state index in [4.69, 9.17) is 11.6 Å². The molecule has 0 saturated heterocycles. The Labute approximate surface area is 92.4 Å². The average molecular weight is 220 g/mol. The van der Waals surface area contributed by atoms with Crippen molar-refractivity contribution in [2.45, 2.75) is 51.8 Å². The number of alkyl halides is 1. The van der Waals surface area contributed by atoms with Crippen LogP contribution < -0.4 is 5.32 Å². The molecule has 0 aromatic rings. The normalized spacial score (nSPS) is 12.9. The van der Waals surface area contributed by atoms with Crippen LogP contribution in [-0.4, -0.2) is 17.8 Å². The van der Waals surface area contributed by atoms with Crippen LogP contribution in [0.3, 0.4) is 0 Å². The van der Waals surface area contributed by atoms with Crippen LogP contribution in [-0.2, 0) is 4.79 Å². The number of amides is 1. The zero-order chi connectivity index (χ0) is 11.0. The summed E-state index contributed by atoms with van der Waals surface area (Å²) >= 11 is 6.18. The number of hydrogen-bond acceptors (Lipinski definition) is 1. The van der Waals surface area contributed by atoms with Crippen molar-refractivity contribution in [1.82, 2.24) is 5.32 Å². The maximum atomic E-state index is 11.2. The van der Waals surface area contributed by atoms with Crippen molar-refractivity contribution in [3.05, 3.63) is 0 Å². The van der Waals surface area contributed by atoms with Gasteiger partial charge < -0.3 is 5.32 Å². The highest BCUT2D eigenvalue weighted by atomic mass is 35.5. The van der Waals surface area contributed by atoms with Crippen molar-refractivity contribution in [3.8, 4) is 0 Å². The van der Waals surface area contributed by atoms with Crippen molar-refractivity contribution < 1.29 is 4.79 Å². The first kappa shape index (κ1) is 13.8. The van der Waals surface area contributed by atoms with E-state index in [1.165, 1.54) is 0 Å². The molecule has 1 atom stereocenters. The van der Waals surface area contributed by atoms with Crippen LogP contribution in [0.1, 0.15) is 46.5 Å². The van der Waals surface area contributed by atoms with Crippen molar-refractivity contribution in [2.24, 2.45) is 5.92 Å². The summed E-state index contributed by atoms with van der Waals surface area (Å²) in [6.07, 6.45) is 3.65. The van der Waals surface area contributed by atoms with Crippen molar-refractivity contribution in [2.75, 3.05) is 6.54 Å². The second kappa shape index (κ2) is 8.10. The van der Waals surface area contributed by atoms with Crippen LogP contribution >= 0.6 is 11.6 Å². The third kappa shape index (κ3) is 5.48. The van der Waals surface area contributed by atoms with Gasteiger partial charge in [0.1, 0.15) is 0 Å². The molecule has 3 heteroatoms. The summed E-state index contributed by atoms with van der Waals surface area (Å²) < 4.78 is 0. The molecule has 0 aromatic heterocycles. The molecule has 2 nitrogen and oxygen atoms in total. The van der Waals surface area contributed by atoms with Crippen LogP contribution in [0, 0.1) is 5.92 Å². The lowest BCUT2D eigenvalue weighted by Crippen LogP contribution is -2.32. The molecule has 0 heterocycles. The van der Waals surface area contributed by atoms with E-state index in [9.17, 15) is 4.79 Å². The van der Waals surface area contributed by atoms with Gasteiger partial charge in [0.2, 0.25) is 5.91 Å². The van der Waals surface area contributed by atoms with Gasteiger partial charge in [0.25, 0.3) is 0 Å². The van der Waals surface area contributed by atoms with E-state index < -0.39 is 0 Å². The molecular formula is C11H22ClNO. The Morgan fingerprint density at radius 1 is 1.29 bits per heavy atom. The quantitative estimate of drug-likeness (QED) is 0.656. The minimum absolute atomic E-state index is 0.0748. The predicted molar refractivity (Wildman–Crippen MR) is 61.6 cm³/mol. The minimum atomic E-state index is 0.0748. The first-order valence-electron chi connectivity index (χ1n) is 5.56. The minimum Gasteiger partial charge on any atom is -0.355 e. The van der Waals surface area contributed by atoms with E-state index in [-0.39, 0.29) is 11.3 Å². The first-order chi connectivity index (χ1) is 6.65. The maximum absolute atomic E-state index is 11.2. The van der Waals surface area contributed by atoms with Gasteiger partial charge in [-0.25, -0.2) is 0 Å². The maximum Gasteiger partial charge on any atom is 0.220 e. The van der Waals surface area contributed by atoms with E-state index in [0.717, 1.165) is 19.3 Å². The Balaban J connectivity index is 3.71. The summed E-state index contributed by atoms with van der Waals surface area (Å²) in [6, 6.07) is 0. The molecule has 0 aliphatic heterocycles. The van der Waals surface area contributed by atoms with Crippen molar-refractivity contribution in [3.63, 3.8) is 0 Å². The molecule has 14 heavy (non-hydrogen) atoms. The first-order valence-corrected chi connectivity index (χ1v) is 6.00. The van der Waals surface area contributed by atoms with Crippen molar-refractivity contribution in [1.29, 1.82) is 0 Å². The van der Waals surface area contributed by atoms with Crippen molar-refractivity contribution >= 4 is 17.5 Å². The van der Waals surface area contributed by atoms with E-state index >= 15 is 0 Å². The Bertz CT molecular complexity index is 157. The highest BCUT2D eigenvalue weighted by molar-refractivity contribution is 6.21. The lowest BCUT2D eigenvalue weighted by Gasteiger charge is -2.19. The van der Waals surface area contributed by atoms with E-state index in [1.807, 2.05) is 6.92 Å². The predicted octanol–water partition coefficient (Wildman–Crippen LogP) is 2.95. The van der Waals surface area contributed by atoms with Gasteiger partial charge in [0, 0.05) is 13.0 Å². The third-order valence-corrected chi connectivity index (χ3v) is 3.04. The molecule has 0 aliphatic rings. The zero-order valence-electron chi connectivity index (χ0n) is 9.48. The average Bonchev–Trinajstić information content (AvgIpc) is 2.17. The highest BCUT2D eigenvalue weighted by Crippen LogP contribution is 2.17. The molecule has 1 unspecified atom stereocenters. The molecule has 84 valence electrons.